The van der Waals surface area contributed by atoms with Crippen molar-refractivity contribution in [3.63, 3.8) is 0 Å². The summed E-state index contributed by atoms with van der Waals surface area (Å²) in [4.78, 5) is 0. The predicted molar refractivity (Wildman–Crippen MR) is 109 cm³/mol. The van der Waals surface area contributed by atoms with Crippen molar-refractivity contribution in [3.8, 4) is 0 Å². The molecule has 134 valence electrons. The van der Waals surface area contributed by atoms with Crippen molar-refractivity contribution >= 4 is 18.7 Å². The first-order valence-electron chi connectivity index (χ1n) is 8.88. The molecule has 3 heteroatoms. The fourth-order valence-electron chi connectivity index (χ4n) is 3.28. The number of hydrogen-bond acceptors (Lipinski definition) is 2. The molecule has 0 unspecified atom stereocenters. The first-order chi connectivity index (χ1) is 11.8. The standard InChI is InChI=1S/C22H30O2Si/c1-6-18(2)21(23)17-24-25(22(3,4)5,19-13-9-7-10-14-19)20-15-11-8-12-16-20/h6-16,18,21,23H,1,17H2,2-5H3/t18-,21+/m0/s1. The lowest BCUT2D eigenvalue weighted by molar-refractivity contribution is 0.0751. The summed E-state index contributed by atoms with van der Waals surface area (Å²) in [6.45, 7) is 12.8. The molecule has 2 rings (SSSR count). The summed E-state index contributed by atoms with van der Waals surface area (Å²) in [5.41, 5.74) is 0. The molecular weight excluding hydrogens is 324 g/mol. The van der Waals surface area contributed by atoms with Crippen molar-refractivity contribution in [2.45, 2.75) is 38.8 Å². The maximum Gasteiger partial charge on any atom is 0.261 e. The highest BCUT2D eigenvalue weighted by Gasteiger charge is 2.50. The number of aliphatic hydroxyl groups excluding tert-OH is 1. The van der Waals surface area contributed by atoms with E-state index in [0.717, 1.165) is 0 Å². The average Bonchev–Trinajstić information content (AvgIpc) is 2.62. The van der Waals surface area contributed by atoms with Crippen molar-refractivity contribution in [1.29, 1.82) is 0 Å². The highest BCUT2D eigenvalue weighted by Crippen LogP contribution is 2.36. The molecule has 0 bridgehead atoms. The zero-order valence-electron chi connectivity index (χ0n) is 15.8. The fourth-order valence-corrected chi connectivity index (χ4v) is 7.86. The molecule has 0 aliphatic rings. The summed E-state index contributed by atoms with van der Waals surface area (Å²) in [5, 5.41) is 12.8. The van der Waals surface area contributed by atoms with Crippen LogP contribution in [0.15, 0.2) is 73.3 Å². The highest BCUT2D eigenvalue weighted by molar-refractivity contribution is 6.99. The second-order valence-electron chi connectivity index (χ2n) is 7.64. The van der Waals surface area contributed by atoms with Crippen molar-refractivity contribution in [1.82, 2.24) is 0 Å². The van der Waals surface area contributed by atoms with Gasteiger partial charge in [0.15, 0.2) is 0 Å². The predicted octanol–water partition coefficient (Wildman–Crippen LogP) is 3.75. The molecular formula is C22H30O2Si. The van der Waals surface area contributed by atoms with Crippen molar-refractivity contribution in [2.24, 2.45) is 5.92 Å². The zero-order chi connectivity index (χ0) is 18.5. The lowest BCUT2D eigenvalue weighted by atomic mass is 10.1. The normalized spacial score (nSPS) is 14.8. The van der Waals surface area contributed by atoms with E-state index in [2.05, 4.69) is 75.9 Å². The molecule has 0 amide bonds. The smallest absolute Gasteiger partial charge is 0.261 e. The van der Waals surface area contributed by atoms with E-state index < -0.39 is 14.4 Å². The summed E-state index contributed by atoms with van der Waals surface area (Å²) < 4.78 is 6.69. The third-order valence-corrected chi connectivity index (χ3v) is 9.87. The molecule has 1 N–H and O–H groups in total. The molecule has 0 aromatic heterocycles. The summed E-state index contributed by atoms with van der Waals surface area (Å²) >= 11 is 0. The first-order valence-corrected chi connectivity index (χ1v) is 10.8. The Kier molecular flexibility index (Phi) is 6.39. The van der Waals surface area contributed by atoms with Crippen LogP contribution in [0.3, 0.4) is 0 Å². The van der Waals surface area contributed by atoms with E-state index >= 15 is 0 Å². The van der Waals surface area contributed by atoms with Gasteiger partial charge in [0, 0.05) is 5.92 Å². The van der Waals surface area contributed by atoms with E-state index in [1.165, 1.54) is 10.4 Å². The van der Waals surface area contributed by atoms with Crippen molar-refractivity contribution in [2.75, 3.05) is 6.61 Å². The van der Waals surface area contributed by atoms with Crippen LogP contribution in [0.25, 0.3) is 0 Å². The van der Waals surface area contributed by atoms with Crippen LogP contribution in [0.2, 0.25) is 5.04 Å². The SMILES string of the molecule is C=C[C@H](C)[C@H](O)CO[Si](c1ccccc1)(c1ccccc1)C(C)(C)C. The largest absolute Gasteiger partial charge is 0.405 e. The summed E-state index contributed by atoms with van der Waals surface area (Å²) in [6, 6.07) is 21.0. The van der Waals surface area contributed by atoms with Gasteiger partial charge in [-0.2, -0.15) is 0 Å². The Morgan fingerprint density at radius 3 is 1.80 bits per heavy atom. The van der Waals surface area contributed by atoms with Gasteiger partial charge in [-0.15, -0.1) is 6.58 Å². The minimum Gasteiger partial charge on any atom is -0.405 e. The Morgan fingerprint density at radius 2 is 1.44 bits per heavy atom. The van der Waals surface area contributed by atoms with Gasteiger partial charge < -0.3 is 9.53 Å². The van der Waals surface area contributed by atoms with Crippen LogP contribution in [0.5, 0.6) is 0 Å². The van der Waals surface area contributed by atoms with Gasteiger partial charge in [0.25, 0.3) is 8.32 Å². The number of rotatable bonds is 7. The average molecular weight is 355 g/mol. The Bertz CT molecular complexity index is 622. The van der Waals surface area contributed by atoms with Crippen LogP contribution in [0.4, 0.5) is 0 Å². The molecule has 0 aliphatic heterocycles. The third-order valence-electron chi connectivity index (χ3n) is 4.87. The molecule has 0 spiro atoms. The molecule has 25 heavy (non-hydrogen) atoms. The van der Waals surface area contributed by atoms with Crippen molar-refractivity contribution < 1.29 is 9.53 Å². The Balaban J connectivity index is 2.55. The summed E-state index contributed by atoms with van der Waals surface area (Å²) in [5.74, 6) is -0.00165. The van der Waals surface area contributed by atoms with E-state index in [4.69, 9.17) is 4.43 Å². The topological polar surface area (TPSA) is 29.5 Å². The molecule has 2 aromatic carbocycles. The number of benzene rings is 2. The number of aliphatic hydroxyl groups is 1. The van der Waals surface area contributed by atoms with Crippen LogP contribution >= 0.6 is 0 Å². The van der Waals surface area contributed by atoms with Crippen LogP contribution in [-0.2, 0) is 4.43 Å². The van der Waals surface area contributed by atoms with E-state index in [1.807, 2.05) is 19.1 Å². The lowest BCUT2D eigenvalue weighted by Gasteiger charge is -2.43. The molecule has 2 nitrogen and oxygen atoms in total. The molecule has 0 heterocycles. The molecule has 0 aliphatic carbocycles. The van der Waals surface area contributed by atoms with Crippen LogP contribution in [0.1, 0.15) is 27.7 Å². The van der Waals surface area contributed by atoms with E-state index in [-0.39, 0.29) is 11.0 Å². The number of hydrogen-bond donors (Lipinski definition) is 1. The zero-order valence-corrected chi connectivity index (χ0v) is 16.8. The van der Waals surface area contributed by atoms with Gasteiger partial charge in [0.2, 0.25) is 0 Å². The summed E-state index contributed by atoms with van der Waals surface area (Å²) in [6.07, 6.45) is 1.22. The first kappa shape index (κ1) is 19.6. The molecule has 0 fully saturated rings. The minimum absolute atomic E-state index is 0.00165. The van der Waals surface area contributed by atoms with Gasteiger partial charge in [0.1, 0.15) is 0 Å². The molecule has 2 atom stereocenters. The molecule has 0 saturated heterocycles. The second kappa shape index (κ2) is 8.13. The van der Waals surface area contributed by atoms with Gasteiger partial charge in [-0.05, 0) is 15.4 Å². The Labute approximate surface area is 153 Å². The Morgan fingerprint density at radius 1 is 1.00 bits per heavy atom. The van der Waals surface area contributed by atoms with Crippen LogP contribution in [0, 0.1) is 5.92 Å². The van der Waals surface area contributed by atoms with Crippen LogP contribution < -0.4 is 10.4 Å². The quantitative estimate of drug-likeness (QED) is 0.606. The van der Waals surface area contributed by atoms with Crippen LogP contribution in [-0.4, -0.2) is 26.1 Å². The fraction of sp³-hybridized carbons (Fsp3) is 0.364. The maximum atomic E-state index is 10.5. The second-order valence-corrected chi connectivity index (χ2v) is 11.9. The lowest BCUT2D eigenvalue weighted by Crippen LogP contribution is -2.67. The summed E-state index contributed by atoms with van der Waals surface area (Å²) in [7, 11) is -2.57. The molecule has 0 saturated carbocycles. The third kappa shape index (κ3) is 4.11. The highest BCUT2D eigenvalue weighted by atomic mass is 28.4. The Hall–Kier alpha value is -1.68. The van der Waals surface area contributed by atoms with Gasteiger partial charge in [0.05, 0.1) is 12.7 Å². The molecule has 0 radical (unpaired) electrons. The molecule has 2 aromatic rings. The van der Waals surface area contributed by atoms with Gasteiger partial charge in [-0.3, -0.25) is 0 Å². The van der Waals surface area contributed by atoms with Gasteiger partial charge in [-0.25, -0.2) is 0 Å². The minimum atomic E-state index is -2.57. The van der Waals surface area contributed by atoms with E-state index in [0.29, 0.717) is 6.61 Å². The van der Waals surface area contributed by atoms with Gasteiger partial charge >= 0.3 is 0 Å². The monoisotopic (exact) mass is 354 g/mol. The van der Waals surface area contributed by atoms with Gasteiger partial charge in [-0.1, -0.05) is 94.4 Å². The van der Waals surface area contributed by atoms with E-state index in [9.17, 15) is 5.11 Å². The van der Waals surface area contributed by atoms with E-state index in [1.54, 1.807) is 6.08 Å². The maximum absolute atomic E-state index is 10.5. The van der Waals surface area contributed by atoms with Crippen molar-refractivity contribution in [3.05, 3.63) is 73.3 Å².